The summed E-state index contributed by atoms with van der Waals surface area (Å²) in [5, 5.41) is 14.8. The summed E-state index contributed by atoms with van der Waals surface area (Å²) in [6, 6.07) is 7.37. The van der Waals surface area contributed by atoms with Gasteiger partial charge in [0, 0.05) is 25.3 Å². The number of aromatic nitrogens is 2. The van der Waals surface area contributed by atoms with Gasteiger partial charge in [-0.1, -0.05) is 16.8 Å². The van der Waals surface area contributed by atoms with Gasteiger partial charge in [0.25, 0.3) is 0 Å². The lowest BCUT2D eigenvalue weighted by Gasteiger charge is -2.19. The second-order valence-electron chi connectivity index (χ2n) is 6.18. The number of aliphatic hydroxyl groups is 1. The van der Waals surface area contributed by atoms with Crippen LogP contribution >= 0.6 is 0 Å². The normalized spacial score (nSPS) is 20.9. The third-order valence-corrected chi connectivity index (χ3v) is 4.30. The predicted octanol–water partition coefficient (Wildman–Crippen LogP) is 2.45. The molecule has 4 rings (SSSR count). The van der Waals surface area contributed by atoms with E-state index in [-0.39, 0.29) is 12.5 Å². The number of benzene rings is 1. The summed E-state index contributed by atoms with van der Waals surface area (Å²) < 4.78 is 11.1. The number of fused-ring (bicyclic) bond motifs is 1. The van der Waals surface area contributed by atoms with E-state index < -0.39 is 12.1 Å². The number of carbonyl (C=O) groups is 1. The molecule has 3 heterocycles. The van der Waals surface area contributed by atoms with E-state index in [9.17, 15) is 9.90 Å². The summed E-state index contributed by atoms with van der Waals surface area (Å²) in [6.45, 7) is 3.76. The minimum Gasteiger partial charge on any atom is -0.453 e. The molecule has 1 fully saturated rings. The van der Waals surface area contributed by atoms with Crippen molar-refractivity contribution in [3.05, 3.63) is 35.7 Å². The van der Waals surface area contributed by atoms with Crippen LogP contribution in [0.2, 0.25) is 0 Å². The van der Waals surface area contributed by atoms with Crippen molar-refractivity contribution in [1.29, 1.82) is 0 Å². The molecule has 0 bridgehead atoms. The van der Waals surface area contributed by atoms with Crippen molar-refractivity contribution in [1.82, 2.24) is 15.0 Å². The van der Waals surface area contributed by atoms with Crippen LogP contribution in [0.4, 0.5) is 0 Å². The molecular formula is C17H17N3O4. The zero-order valence-electron chi connectivity index (χ0n) is 13.4. The van der Waals surface area contributed by atoms with Gasteiger partial charge in [-0.3, -0.25) is 4.79 Å². The minimum absolute atomic E-state index is 0.129. The van der Waals surface area contributed by atoms with E-state index in [4.69, 9.17) is 8.94 Å². The van der Waals surface area contributed by atoms with Crippen molar-refractivity contribution < 1.29 is 18.8 Å². The molecule has 2 aromatic heterocycles. The first-order valence-corrected chi connectivity index (χ1v) is 7.80. The summed E-state index contributed by atoms with van der Waals surface area (Å²) in [5.74, 6) is 1.03. The number of aryl methyl sites for hydroxylation is 1. The molecule has 2 atom stereocenters. The number of aliphatic hydroxyl groups excluding tert-OH is 1. The van der Waals surface area contributed by atoms with Crippen LogP contribution in [0.5, 0.6) is 0 Å². The van der Waals surface area contributed by atoms with Crippen molar-refractivity contribution in [2.45, 2.75) is 32.4 Å². The van der Waals surface area contributed by atoms with Gasteiger partial charge < -0.3 is 18.9 Å². The second-order valence-corrected chi connectivity index (χ2v) is 6.18. The van der Waals surface area contributed by atoms with Crippen molar-refractivity contribution in [2.75, 3.05) is 6.54 Å². The Morgan fingerprint density at radius 2 is 2.21 bits per heavy atom. The van der Waals surface area contributed by atoms with Gasteiger partial charge >= 0.3 is 0 Å². The maximum absolute atomic E-state index is 11.7. The van der Waals surface area contributed by atoms with Crippen LogP contribution in [0.3, 0.4) is 0 Å². The molecule has 1 N–H and O–H groups in total. The molecule has 7 nitrogen and oxygen atoms in total. The van der Waals surface area contributed by atoms with Crippen molar-refractivity contribution >= 4 is 16.9 Å². The average molecular weight is 327 g/mol. The Bertz CT molecular complexity index is 914. The Labute approximate surface area is 137 Å². The highest BCUT2D eigenvalue weighted by Gasteiger charge is 2.37. The number of β-amino-alcohol motifs (C(OH)–C–C–N with tert-alkyl or cyclic N) is 1. The maximum atomic E-state index is 11.7. The third-order valence-electron chi connectivity index (χ3n) is 4.30. The average Bonchev–Trinajstić information content (AvgIpc) is 3.22. The van der Waals surface area contributed by atoms with E-state index in [1.807, 2.05) is 31.2 Å². The second kappa shape index (κ2) is 5.45. The molecule has 1 amide bonds. The number of rotatable bonds is 2. The van der Waals surface area contributed by atoms with Crippen molar-refractivity contribution in [2.24, 2.45) is 0 Å². The standard InChI is InChI=1S/C17H17N3O4/c1-9-3-4-14-11(5-9)6-15(23-14)16-18-17(24-19-16)13-7-12(22)8-20(13)10(2)21/h3-6,12-13,22H,7-8H2,1-2H3/t12-,13+/m0/s1. The highest BCUT2D eigenvalue weighted by molar-refractivity contribution is 5.82. The summed E-state index contributed by atoms with van der Waals surface area (Å²) in [4.78, 5) is 17.6. The fourth-order valence-corrected chi connectivity index (χ4v) is 3.14. The van der Waals surface area contributed by atoms with Crippen LogP contribution in [0.15, 0.2) is 33.2 Å². The number of amides is 1. The molecule has 7 heteroatoms. The molecule has 124 valence electrons. The topological polar surface area (TPSA) is 92.6 Å². The number of likely N-dealkylation sites (tertiary alicyclic amines) is 1. The highest BCUT2D eigenvalue weighted by Crippen LogP contribution is 2.33. The molecule has 1 aliphatic rings. The van der Waals surface area contributed by atoms with Crippen LogP contribution in [0.1, 0.15) is 30.8 Å². The highest BCUT2D eigenvalue weighted by atomic mass is 16.5. The first-order chi connectivity index (χ1) is 11.5. The Morgan fingerprint density at radius 1 is 1.38 bits per heavy atom. The van der Waals surface area contributed by atoms with Gasteiger partial charge in [0.05, 0.1) is 6.10 Å². The molecule has 3 aromatic rings. The van der Waals surface area contributed by atoms with Gasteiger partial charge in [-0.05, 0) is 25.1 Å². The zero-order valence-corrected chi connectivity index (χ0v) is 13.4. The summed E-state index contributed by atoms with van der Waals surface area (Å²) in [6.07, 6.45) is -0.191. The molecule has 0 radical (unpaired) electrons. The van der Waals surface area contributed by atoms with Gasteiger partial charge in [0.1, 0.15) is 11.6 Å². The summed E-state index contributed by atoms with van der Waals surface area (Å²) >= 11 is 0. The van der Waals surface area contributed by atoms with Crippen LogP contribution in [0.25, 0.3) is 22.6 Å². The van der Waals surface area contributed by atoms with E-state index in [2.05, 4.69) is 10.1 Å². The monoisotopic (exact) mass is 327 g/mol. The number of furan rings is 1. The van der Waals surface area contributed by atoms with E-state index in [1.54, 1.807) is 4.90 Å². The molecule has 0 unspecified atom stereocenters. The number of hydrogen-bond acceptors (Lipinski definition) is 6. The molecule has 0 aliphatic carbocycles. The van der Waals surface area contributed by atoms with Crippen LogP contribution < -0.4 is 0 Å². The number of hydrogen-bond donors (Lipinski definition) is 1. The van der Waals surface area contributed by atoms with Crippen molar-refractivity contribution in [3.63, 3.8) is 0 Å². The fraction of sp³-hybridized carbons (Fsp3) is 0.353. The first kappa shape index (κ1) is 14.9. The minimum atomic E-state index is -0.580. The first-order valence-electron chi connectivity index (χ1n) is 7.80. The van der Waals surface area contributed by atoms with Crippen molar-refractivity contribution in [3.8, 4) is 11.6 Å². The van der Waals surface area contributed by atoms with Crippen LogP contribution in [-0.4, -0.2) is 38.7 Å². The smallest absolute Gasteiger partial charge is 0.249 e. The maximum Gasteiger partial charge on any atom is 0.249 e. The molecular weight excluding hydrogens is 310 g/mol. The van der Waals surface area contributed by atoms with Crippen LogP contribution in [0, 0.1) is 6.92 Å². The largest absolute Gasteiger partial charge is 0.453 e. The number of nitrogens with zero attached hydrogens (tertiary/aromatic N) is 3. The molecule has 24 heavy (non-hydrogen) atoms. The lowest BCUT2D eigenvalue weighted by Crippen LogP contribution is -2.29. The molecule has 1 aliphatic heterocycles. The lowest BCUT2D eigenvalue weighted by atomic mass is 10.2. The van der Waals surface area contributed by atoms with Gasteiger partial charge in [0.15, 0.2) is 5.76 Å². The summed E-state index contributed by atoms with van der Waals surface area (Å²) in [7, 11) is 0. The Hall–Kier alpha value is -2.67. The fourth-order valence-electron chi connectivity index (χ4n) is 3.14. The summed E-state index contributed by atoms with van der Waals surface area (Å²) in [5.41, 5.74) is 1.89. The predicted molar refractivity (Wildman–Crippen MR) is 85.0 cm³/mol. The van der Waals surface area contributed by atoms with E-state index in [0.29, 0.717) is 23.9 Å². The Kier molecular flexibility index (Phi) is 3.38. The molecule has 0 spiro atoms. The third kappa shape index (κ3) is 2.46. The molecule has 0 saturated carbocycles. The van der Waals surface area contributed by atoms with Gasteiger partial charge in [-0.25, -0.2) is 0 Å². The van der Waals surface area contributed by atoms with Gasteiger partial charge in [-0.15, -0.1) is 0 Å². The Morgan fingerprint density at radius 3 is 3.00 bits per heavy atom. The van der Waals surface area contributed by atoms with Gasteiger partial charge in [0.2, 0.25) is 17.6 Å². The van der Waals surface area contributed by atoms with E-state index in [1.165, 1.54) is 6.92 Å². The van der Waals surface area contributed by atoms with E-state index in [0.717, 1.165) is 16.5 Å². The lowest BCUT2D eigenvalue weighted by molar-refractivity contribution is -0.130. The quantitative estimate of drug-likeness (QED) is 0.777. The van der Waals surface area contributed by atoms with Gasteiger partial charge in [-0.2, -0.15) is 4.98 Å². The molecule has 1 aromatic carbocycles. The number of carbonyl (C=O) groups excluding carboxylic acids is 1. The van der Waals surface area contributed by atoms with E-state index >= 15 is 0 Å². The Balaban J connectivity index is 1.67. The SMILES string of the molecule is CC(=O)N1C[C@@H](O)C[C@@H]1c1nc(-c2cc3cc(C)ccc3o2)no1. The van der Waals surface area contributed by atoms with Crippen LogP contribution in [-0.2, 0) is 4.79 Å². The zero-order chi connectivity index (χ0) is 16.8. The molecule has 1 saturated heterocycles.